The van der Waals surface area contributed by atoms with Crippen molar-refractivity contribution in [1.82, 2.24) is 0 Å². The van der Waals surface area contributed by atoms with Crippen LogP contribution in [0.15, 0.2) is 34.1 Å². The van der Waals surface area contributed by atoms with E-state index in [4.69, 9.17) is 23.2 Å². The van der Waals surface area contributed by atoms with E-state index in [9.17, 15) is 15.0 Å². The number of carbonyl (C=O) groups is 1. The van der Waals surface area contributed by atoms with Gasteiger partial charge in [-0.15, -0.1) is 0 Å². The van der Waals surface area contributed by atoms with Gasteiger partial charge in [0.25, 0.3) is 0 Å². The van der Waals surface area contributed by atoms with E-state index in [-0.39, 0.29) is 11.3 Å². The van der Waals surface area contributed by atoms with E-state index in [2.05, 4.69) is 0 Å². The number of carboxylic acid groups (broad SMARTS) is 1. The fourth-order valence-electron chi connectivity index (χ4n) is 2.36. The highest BCUT2D eigenvalue weighted by Crippen LogP contribution is 2.43. The molecule has 2 rings (SSSR count). The van der Waals surface area contributed by atoms with Crippen molar-refractivity contribution >= 4 is 40.9 Å². The molecule has 0 amide bonds. The lowest BCUT2D eigenvalue weighted by atomic mass is 9.84. The third kappa shape index (κ3) is 3.82. The second-order valence-corrected chi connectivity index (χ2v) is 8.43. The van der Waals surface area contributed by atoms with Crippen LogP contribution in [0.5, 0.6) is 5.75 Å². The summed E-state index contributed by atoms with van der Waals surface area (Å²) in [5.41, 5.74) is 0.610. The molecular formula is C18H18Cl2O3S. The summed E-state index contributed by atoms with van der Waals surface area (Å²) in [6, 6.07) is 6.99. The van der Waals surface area contributed by atoms with Crippen LogP contribution < -0.4 is 0 Å². The molecule has 128 valence electrons. The van der Waals surface area contributed by atoms with Crippen LogP contribution in [0.2, 0.25) is 10.0 Å². The topological polar surface area (TPSA) is 57.5 Å². The molecule has 0 unspecified atom stereocenters. The molecule has 2 aromatic rings. The summed E-state index contributed by atoms with van der Waals surface area (Å²) in [5.74, 6) is -1.33. The molecule has 0 atom stereocenters. The molecule has 0 fully saturated rings. The molecule has 3 nitrogen and oxygen atoms in total. The molecule has 0 spiro atoms. The van der Waals surface area contributed by atoms with Crippen LogP contribution in [-0.2, 0) is 5.41 Å². The zero-order valence-corrected chi connectivity index (χ0v) is 16.1. The van der Waals surface area contributed by atoms with Crippen LogP contribution in [0.4, 0.5) is 0 Å². The third-order valence-electron chi connectivity index (χ3n) is 3.65. The molecule has 0 heterocycles. The number of halogens is 2. The van der Waals surface area contributed by atoms with Gasteiger partial charge in [0.1, 0.15) is 11.3 Å². The molecule has 0 aliphatic rings. The molecule has 0 aliphatic heterocycles. The van der Waals surface area contributed by atoms with Crippen LogP contribution in [-0.4, -0.2) is 16.2 Å². The van der Waals surface area contributed by atoms with Gasteiger partial charge in [-0.25, -0.2) is 4.79 Å². The maximum atomic E-state index is 11.6. The Labute approximate surface area is 155 Å². The second kappa shape index (κ2) is 6.87. The molecule has 0 bridgehead atoms. The van der Waals surface area contributed by atoms with Gasteiger partial charge in [0, 0.05) is 20.4 Å². The van der Waals surface area contributed by atoms with Crippen molar-refractivity contribution in [3.63, 3.8) is 0 Å². The van der Waals surface area contributed by atoms with Crippen molar-refractivity contribution in [2.75, 3.05) is 0 Å². The zero-order chi connectivity index (χ0) is 18.2. The number of phenols is 1. The number of aromatic carboxylic acids is 1. The van der Waals surface area contributed by atoms with Crippen molar-refractivity contribution in [2.45, 2.75) is 42.9 Å². The monoisotopic (exact) mass is 384 g/mol. The number of benzene rings is 2. The quantitative estimate of drug-likeness (QED) is 0.665. The molecule has 6 heteroatoms. The lowest BCUT2D eigenvalue weighted by Crippen LogP contribution is -2.14. The SMILES string of the molecule is Cc1c(Sc2ccc(Cl)cc2Cl)cc(C(C)(C)C)c(O)c1C(=O)O. The highest BCUT2D eigenvalue weighted by atomic mass is 35.5. The lowest BCUT2D eigenvalue weighted by molar-refractivity contribution is 0.0692. The summed E-state index contributed by atoms with van der Waals surface area (Å²) in [7, 11) is 0. The summed E-state index contributed by atoms with van der Waals surface area (Å²) in [6.07, 6.45) is 0. The first-order valence-corrected chi connectivity index (χ1v) is 8.83. The Morgan fingerprint density at radius 2 is 1.75 bits per heavy atom. The predicted molar refractivity (Wildman–Crippen MR) is 99.1 cm³/mol. The van der Waals surface area contributed by atoms with Crippen LogP contribution in [0, 0.1) is 6.92 Å². The van der Waals surface area contributed by atoms with Crippen molar-refractivity contribution in [3.05, 3.63) is 51.0 Å². The molecule has 24 heavy (non-hydrogen) atoms. The van der Waals surface area contributed by atoms with Gasteiger partial charge in [-0.1, -0.05) is 55.7 Å². The van der Waals surface area contributed by atoms with E-state index in [1.54, 1.807) is 25.1 Å². The summed E-state index contributed by atoms with van der Waals surface area (Å²) >= 11 is 13.5. The number of carboxylic acids is 1. The maximum absolute atomic E-state index is 11.6. The predicted octanol–water partition coefficient (Wildman–Crippen LogP) is 6.15. The van der Waals surface area contributed by atoms with Crippen LogP contribution in [0.25, 0.3) is 0 Å². The van der Waals surface area contributed by atoms with Crippen molar-refractivity contribution in [3.8, 4) is 5.75 Å². The largest absolute Gasteiger partial charge is 0.507 e. The third-order valence-corrected chi connectivity index (χ3v) is 5.53. The highest BCUT2D eigenvalue weighted by Gasteiger charge is 2.27. The first kappa shape index (κ1) is 19.0. The summed E-state index contributed by atoms with van der Waals surface area (Å²) in [6.45, 7) is 7.45. The number of hydrogen-bond acceptors (Lipinski definition) is 3. The Hall–Kier alpha value is -1.36. The van der Waals surface area contributed by atoms with Crippen LogP contribution in [0.1, 0.15) is 42.3 Å². The van der Waals surface area contributed by atoms with Gasteiger partial charge in [0.2, 0.25) is 0 Å². The van der Waals surface area contributed by atoms with E-state index < -0.39 is 11.4 Å². The Morgan fingerprint density at radius 3 is 2.25 bits per heavy atom. The minimum Gasteiger partial charge on any atom is -0.507 e. The summed E-state index contributed by atoms with van der Waals surface area (Å²) in [4.78, 5) is 13.1. The summed E-state index contributed by atoms with van der Waals surface area (Å²) < 4.78 is 0. The first-order valence-electron chi connectivity index (χ1n) is 7.25. The normalized spacial score (nSPS) is 11.6. The zero-order valence-electron chi connectivity index (χ0n) is 13.8. The second-order valence-electron chi connectivity index (χ2n) is 6.50. The Balaban J connectivity index is 2.65. The highest BCUT2D eigenvalue weighted by molar-refractivity contribution is 7.99. The van der Waals surface area contributed by atoms with Crippen molar-refractivity contribution in [2.24, 2.45) is 0 Å². The van der Waals surface area contributed by atoms with Crippen LogP contribution >= 0.6 is 35.0 Å². The molecule has 2 N–H and O–H groups in total. The Bertz CT molecular complexity index is 811. The number of aromatic hydroxyl groups is 1. The van der Waals surface area contributed by atoms with E-state index in [0.29, 0.717) is 21.2 Å². The van der Waals surface area contributed by atoms with Gasteiger partial charge < -0.3 is 10.2 Å². The van der Waals surface area contributed by atoms with Crippen molar-refractivity contribution < 1.29 is 15.0 Å². The molecule has 2 aromatic carbocycles. The maximum Gasteiger partial charge on any atom is 0.339 e. The fourth-order valence-corrected chi connectivity index (χ4v) is 3.84. The van der Waals surface area contributed by atoms with Gasteiger partial charge in [-0.3, -0.25) is 0 Å². The first-order chi connectivity index (χ1) is 11.0. The fraction of sp³-hybridized carbons (Fsp3) is 0.278. The van der Waals surface area contributed by atoms with E-state index in [0.717, 1.165) is 9.79 Å². The molecular weight excluding hydrogens is 367 g/mol. The van der Waals surface area contributed by atoms with Gasteiger partial charge in [0.15, 0.2) is 0 Å². The Kier molecular flexibility index (Phi) is 5.43. The molecule has 0 aromatic heterocycles. The van der Waals surface area contributed by atoms with Gasteiger partial charge >= 0.3 is 5.97 Å². The Morgan fingerprint density at radius 1 is 1.12 bits per heavy atom. The smallest absolute Gasteiger partial charge is 0.339 e. The number of hydrogen-bond donors (Lipinski definition) is 2. The van der Waals surface area contributed by atoms with Gasteiger partial charge in [0.05, 0.1) is 5.02 Å². The number of rotatable bonds is 3. The molecule has 0 saturated carbocycles. The van der Waals surface area contributed by atoms with Crippen LogP contribution in [0.3, 0.4) is 0 Å². The molecule has 0 aliphatic carbocycles. The molecule has 0 radical (unpaired) electrons. The lowest BCUT2D eigenvalue weighted by Gasteiger charge is -2.24. The molecule has 0 saturated heterocycles. The average Bonchev–Trinajstić information content (AvgIpc) is 2.42. The van der Waals surface area contributed by atoms with E-state index in [1.165, 1.54) is 11.8 Å². The minimum absolute atomic E-state index is 0.0741. The van der Waals surface area contributed by atoms with Gasteiger partial charge in [-0.2, -0.15) is 0 Å². The average molecular weight is 385 g/mol. The van der Waals surface area contributed by atoms with Gasteiger partial charge in [-0.05, 0) is 42.2 Å². The van der Waals surface area contributed by atoms with Crippen molar-refractivity contribution in [1.29, 1.82) is 0 Å². The minimum atomic E-state index is -1.15. The summed E-state index contributed by atoms with van der Waals surface area (Å²) in [5, 5.41) is 21.0. The van der Waals surface area contributed by atoms with E-state index in [1.807, 2.05) is 26.8 Å². The van der Waals surface area contributed by atoms with E-state index >= 15 is 0 Å². The standard InChI is InChI=1S/C18H18Cl2O3S/c1-9-14(24-13-6-5-10(19)7-12(13)20)8-11(18(2,3)4)16(21)15(9)17(22)23/h5-8,21H,1-4H3,(H,22,23).